The molecule has 1 spiro atoms. The lowest BCUT2D eigenvalue weighted by atomic mass is 9.65. The highest BCUT2D eigenvalue weighted by molar-refractivity contribution is 5.69. The van der Waals surface area contributed by atoms with Crippen molar-refractivity contribution in [1.82, 2.24) is 5.32 Å². The molecule has 29 heavy (non-hydrogen) atoms. The lowest BCUT2D eigenvalue weighted by Crippen LogP contribution is -2.54. The van der Waals surface area contributed by atoms with Gasteiger partial charge in [-0.1, -0.05) is 80.1 Å². The molecule has 1 N–H and O–H groups in total. The first-order valence-corrected chi connectivity index (χ1v) is 11.0. The molecule has 0 aromatic heterocycles. The quantitative estimate of drug-likeness (QED) is 0.664. The number of alkyl carbamates (subject to hydrolysis) is 1. The van der Waals surface area contributed by atoms with Gasteiger partial charge in [0.25, 0.3) is 0 Å². The van der Waals surface area contributed by atoms with E-state index in [2.05, 4.69) is 44.0 Å². The molecular weight excluding hydrogens is 358 g/mol. The maximum atomic E-state index is 12.9. The summed E-state index contributed by atoms with van der Waals surface area (Å²) < 4.78 is 5.65. The fraction of sp³-hybridized carbons (Fsp3) is 0.500. The van der Waals surface area contributed by atoms with Crippen molar-refractivity contribution in [1.29, 1.82) is 0 Å². The first-order valence-electron chi connectivity index (χ1n) is 11.0. The van der Waals surface area contributed by atoms with Crippen molar-refractivity contribution in [2.24, 2.45) is 28.6 Å². The second-order valence-corrected chi connectivity index (χ2v) is 9.82. The zero-order valence-electron chi connectivity index (χ0n) is 17.5. The van der Waals surface area contributed by atoms with Gasteiger partial charge in [-0.25, -0.2) is 4.79 Å². The Morgan fingerprint density at radius 2 is 2.07 bits per heavy atom. The zero-order chi connectivity index (χ0) is 20.2. The molecule has 3 heteroatoms. The Bertz CT molecular complexity index is 901. The van der Waals surface area contributed by atoms with Gasteiger partial charge in [-0.05, 0) is 49.0 Å². The van der Waals surface area contributed by atoms with Crippen LogP contribution in [-0.4, -0.2) is 12.1 Å². The normalized spacial score (nSPS) is 39.5. The van der Waals surface area contributed by atoms with Crippen LogP contribution in [0.3, 0.4) is 0 Å². The number of hydrogen-bond acceptors (Lipinski definition) is 2. The van der Waals surface area contributed by atoms with Gasteiger partial charge in [0.05, 0.1) is 0 Å². The summed E-state index contributed by atoms with van der Waals surface area (Å²) in [5.41, 5.74) is 3.96. The molecule has 4 aliphatic carbocycles. The van der Waals surface area contributed by atoms with Crippen molar-refractivity contribution in [3.8, 4) is 0 Å². The predicted molar refractivity (Wildman–Crippen MR) is 115 cm³/mol. The van der Waals surface area contributed by atoms with E-state index < -0.39 is 0 Å². The minimum atomic E-state index is -0.296. The van der Waals surface area contributed by atoms with E-state index in [4.69, 9.17) is 4.74 Å². The highest BCUT2D eigenvalue weighted by Gasteiger charge is 2.68. The molecule has 3 saturated carbocycles. The third-order valence-corrected chi connectivity index (χ3v) is 8.53. The molecule has 3 nitrogen and oxygen atoms in total. The third kappa shape index (κ3) is 2.66. The van der Waals surface area contributed by atoms with E-state index in [0.717, 1.165) is 18.4 Å². The number of ether oxygens (including phenoxy) is 1. The minimum absolute atomic E-state index is 0.0648. The van der Waals surface area contributed by atoms with Crippen molar-refractivity contribution >= 4 is 6.09 Å². The minimum Gasteiger partial charge on any atom is -0.445 e. The molecule has 1 aromatic rings. The van der Waals surface area contributed by atoms with Crippen LogP contribution in [0.4, 0.5) is 4.79 Å². The number of allylic oxidation sites excluding steroid dienone is 4. The second kappa shape index (κ2) is 6.62. The van der Waals surface area contributed by atoms with Crippen LogP contribution in [0.1, 0.15) is 45.1 Å². The first-order chi connectivity index (χ1) is 13.9. The fourth-order valence-corrected chi connectivity index (χ4v) is 7.02. The molecule has 0 heterocycles. The number of benzene rings is 1. The van der Waals surface area contributed by atoms with Gasteiger partial charge in [0.15, 0.2) is 0 Å². The van der Waals surface area contributed by atoms with Crippen LogP contribution in [0.2, 0.25) is 0 Å². The van der Waals surface area contributed by atoms with Gasteiger partial charge < -0.3 is 10.1 Å². The Labute approximate surface area is 173 Å². The van der Waals surface area contributed by atoms with E-state index in [9.17, 15) is 4.79 Å². The van der Waals surface area contributed by atoms with Crippen LogP contribution >= 0.6 is 0 Å². The Kier molecular flexibility index (Phi) is 4.27. The van der Waals surface area contributed by atoms with Gasteiger partial charge >= 0.3 is 6.09 Å². The van der Waals surface area contributed by atoms with Gasteiger partial charge in [0.1, 0.15) is 6.61 Å². The number of hydrogen-bond donors (Lipinski definition) is 1. The van der Waals surface area contributed by atoms with E-state index >= 15 is 0 Å². The maximum absolute atomic E-state index is 12.9. The van der Waals surface area contributed by atoms with E-state index in [1.807, 2.05) is 30.3 Å². The average Bonchev–Trinajstić information content (AvgIpc) is 3.10. The standard InChI is InChI=1S/C26H31NO2/c1-17-14-26-15-20(17)12-13-22(26)21-11-7-8-18(2)25(21,3)23(26)27-24(28)29-16-19-9-5-4-6-10-19/h4-11,18,20,22-23H,1,12-16H2,2-3H3,(H,27,28). The van der Waals surface area contributed by atoms with E-state index in [1.165, 1.54) is 24.0 Å². The molecule has 5 rings (SSSR count). The SMILES string of the molecule is C=C1CC23CC1CCC2C1=CC=CC(C)C1(C)C3NC(=O)OCc1ccccc1. The molecule has 152 valence electrons. The average molecular weight is 390 g/mol. The third-order valence-electron chi connectivity index (χ3n) is 8.53. The summed E-state index contributed by atoms with van der Waals surface area (Å²) in [6, 6.07) is 9.97. The van der Waals surface area contributed by atoms with E-state index in [0.29, 0.717) is 24.4 Å². The summed E-state index contributed by atoms with van der Waals surface area (Å²) in [5, 5.41) is 3.38. The number of amides is 1. The second-order valence-electron chi connectivity index (χ2n) is 9.82. The van der Waals surface area contributed by atoms with Crippen molar-refractivity contribution in [3.63, 3.8) is 0 Å². The molecule has 6 unspecified atom stereocenters. The van der Waals surface area contributed by atoms with Crippen LogP contribution in [0.15, 0.2) is 66.3 Å². The van der Waals surface area contributed by atoms with Gasteiger partial charge in [-0.15, -0.1) is 0 Å². The van der Waals surface area contributed by atoms with Crippen LogP contribution in [0, 0.1) is 28.6 Å². The van der Waals surface area contributed by atoms with Gasteiger partial charge in [0, 0.05) is 16.9 Å². The Hall–Kier alpha value is -2.29. The molecule has 3 fully saturated rings. The van der Waals surface area contributed by atoms with Crippen LogP contribution in [0.25, 0.3) is 0 Å². The predicted octanol–water partition coefficient (Wildman–Crippen LogP) is 5.80. The van der Waals surface area contributed by atoms with Crippen molar-refractivity contribution in [3.05, 3.63) is 71.8 Å². The van der Waals surface area contributed by atoms with Crippen LogP contribution < -0.4 is 5.32 Å². The van der Waals surface area contributed by atoms with E-state index in [1.54, 1.807) is 0 Å². The number of carbonyl (C=O) groups is 1. The summed E-state index contributed by atoms with van der Waals surface area (Å²) in [6.07, 6.45) is 11.2. The molecule has 6 atom stereocenters. The molecule has 0 radical (unpaired) electrons. The summed E-state index contributed by atoms with van der Waals surface area (Å²) in [5.74, 6) is 1.53. The summed E-state index contributed by atoms with van der Waals surface area (Å²) >= 11 is 0. The van der Waals surface area contributed by atoms with Gasteiger partial charge in [0.2, 0.25) is 0 Å². The topological polar surface area (TPSA) is 38.3 Å². The molecule has 1 amide bonds. The Morgan fingerprint density at radius 3 is 2.86 bits per heavy atom. The number of nitrogens with one attached hydrogen (secondary N) is 1. The molecular formula is C26H31NO2. The van der Waals surface area contributed by atoms with Crippen LogP contribution in [-0.2, 0) is 11.3 Å². The smallest absolute Gasteiger partial charge is 0.407 e. The summed E-state index contributed by atoms with van der Waals surface area (Å²) in [6.45, 7) is 9.38. The zero-order valence-corrected chi connectivity index (χ0v) is 17.5. The van der Waals surface area contributed by atoms with Crippen molar-refractivity contribution < 1.29 is 9.53 Å². The highest BCUT2D eigenvalue weighted by Crippen LogP contribution is 2.71. The molecule has 0 saturated heterocycles. The molecule has 2 bridgehead atoms. The van der Waals surface area contributed by atoms with Crippen molar-refractivity contribution in [2.45, 2.75) is 52.2 Å². The monoisotopic (exact) mass is 389 g/mol. The Balaban J connectivity index is 1.45. The lowest BCUT2D eigenvalue weighted by molar-refractivity contribution is 0.0706. The number of rotatable bonds is 3. The Morgan fingerprint density at radius 1 is 1.28 bits per heavy atom. The first kappa shape index (κ1) is 18.7. The molecule has 1 aromatic carbocycles. The number of carbonyl (C=O) groups excluding carboxylic acids is 1. The lowest BCUT2D eigenvalue weighted by Gasteiger charge is -2.44. The molecule has 0 aliphatic heterocycles. The van der Waals surface area contributed by atoms with Gasteiger partial charge in [-0.3, -0.25) is 0 Å². The fourth-order valence-electron chi connectivity index (χ4n) is 7.02. The largest absolute Gasteiger partial charge is 0.445 e. The van der Waals surface area contributed by atoms with E-state index in [-0.39, 0.29) is 23.0 Å². The summed E-state index contributed by atoms with van der Waals surface area (Å²) in [4.78, 5) is 12.9. The number of fused-ring (bicyclic) bond motifs is 3. The highest BCUT2D eigenvalue weighted by atomic mass is 16.5. The summed E-state index contributed by atoms with van der Waals surface area (Å²) in [7, 11) is 0. The van der Waals surface area contributed by atoms with Crippen LogP contribution in [0.5, 0.6) is 0 Å². The molecule has 4 aliphatic rings. The van der Waals surface area contributed by atoms with Crippen molar-refractivity contribution in [2.75, 3.05) is 0 Å². The van der Waals surface area contributed by atoms with Gasteiger partial charge in [-0.2, -0.15) is 0 Å². The maximum Gasteiger partial charge on any atom is 0.407 e.